The van der Waals surface area contributed by atoms with Crippen LogP contribution in [0.1, 0.15) is 6.92 Å². The highest BCUT2D eigenvalue weighted by Crippen LogP contribution is 2.05. The number of allylic oxidation sites excluding steroid dienone is 1. The van der Waals surface area contributed by atoms with Crippen LogP contribution in [-0.4, -0.2) is 10.3 Å². The summed E-state index contributed by atoms with van der Waals surface area (Å²) in [6, 6.07) is 0. The summed E-state index contributed by atoms with van der Waals surface area (Å²) in [4.78, 5) is 0. The molecule has 2 N–H and O–H groups in total. The minimum atomic E-state index is 0.593. The average Bonchev–Trinajstić information content (AvgIpc) is 1.99. The molecule has 1 aliphatic rings. The third-order valence-electron chi connectivity index (χ3n) is 1.05. The molecule has 12 heavy (non-hydrogen) atoms. The van der Waals surface area contributed by atoms with E-state index in [0.717, 1.165) is 0 Å². The van der Waals surface area contributed by atoms with E-state index in [1.54, 1.807) is 12.3 Å². The predicted molar refractivity (Wildman–Crippen MR) is 56.4 cm³/mol. The summed E-state index contributed by atoms with van der Waals surface area (Å²) in [5, 5.41) is 6.69. The van der Waals surface area contributed by atoms with Crippen molar-refractivity contribution in [2.45, 2.75) is 6.92 Å². The molecule has 0 radical (unpaired) electrons. The van der Waals surface area contributed by atoms with E-state index >= 15 is 0 Å². The van der Waals surface area contributed by atoms with Crippen LogP contribution in [0.25, 0.3) is 0 Å². The van der Waals surface area contributed by atoms with E-state index in [-0.39, 0.29) is 0 Å². The number of hydrazone groups is 1. The van der Waals surface area contributed by atoms with Gasteiger partial charge in [0, 0.05) is 12.3 Å². The van der Waals surface area contributed by atoms with Crippen LogP contribution in [0.2, 0.25) is 0 Å². The molecule has 0 spiro atoms. The van der Waals surface area contributed by atoms with Crippen molar-refractivity contribution in [2.75, 3.05) is 0 Å². The molecule has 0 saturated carbocycles. The van der Waals surface area contributed by atoms with Gasteiger partial charge in [-0.3, -0.25) is 10.9 Å². The van der Waals surface area contributed by atoms with Crippen molar-refractivity contribution in [3.63, 3.8) is 0 Å². The Morgan fingerprint density at radius 1 is 1.67 bits per heavy atom. The molecular weight excluding hydrogens is 192 g/mol. The Morgan fingerprint density at radius 2 is 2.42 bits per heavy atom. The summed E-state index contributed by atoms with van der Waals surface area (Å²) in [7, 11) is 0. The van der Waals surface area contributed by atoms with Gasteiger partial charge in [-0.25, -0.2) is 0 Å². The predicted octanol–water partition coefficient (Wildman–Crippen LogP) is 0.859. The SMILES string of the molecule is C/C=C\NN1N=C(S)C=C(S)N1. The molecule has 1 aliphatic heterocycles. The molecule has 0 amide bonds. The molecular formula is C6H10N4S2. The maximum atomic E-state index is 4.12. The molecule has 0 unspecified atom stereocenters. The molecule has 0 aromatic heterocycles. The third-order valence-corrected chi connectivity index (χ3v) is 1.50. The minimum absolute atomic E-state index is 0.593. The van der Waals surface area contributed by atoms with Gasteiger partial charge in [0.1, 0.15) is 5.04 Å². The Bertz CT molecular complexity index is 246. The third kappa shape index (κ3) is 2.71. The van der Waals surface area contributed by atoms with Crippen molar-refractivity contribution in [3.8, 4) is 0 Å². The maximum absolute atomic E-state index is 4.12. The molecule has 0 aliphatic carbocycles. The topological polar surface area (TPSA) is 39.7 Å². The fourth-order valence-electron chi connectivity index (χ4n) is 0.626. The first-order valence-electron chi connectivity index (χ1n) is 3.34. The van der Waals surface area contributed by atoms with Gasteiger partial charge in [0.25, 0.3) is 0 Å². The normalized spacial score (nSPS) is 17.1. The summed E-state index contributed by atoms with van der Waals surface area (Å²) in [5.74, 6) is 0. The lowest BCUT2D eigenvalue weighted by Crippen LogP contribution is -2.42. The van der Waals surface area contributed by atoms with Gasteiger partial charge in [0.15, 0.2) is 0 Å². The van der Waals surface area contributed by atoms with Crippen molar-refractivity contribution in [3.05, 3.63) is 23.4 Å². The van der Waals surface area contributed by atoms with Crippen molar-refractivity contribution >= 4 is 30.3 Å². The van der Waals surface area contributed by atoms with Gasteiger partial charge in [-0.15, -0.1) is 35.6 Å². The van der Waals surface area contributed by atoms with Gasteiger partial charge in [-0.05, 0) is 6.92 Å². The molecule has 0 aromatic carbocycles. The van der Waals surface area contributed by atoms with Gasteiger partial charge >= 0.3 is 0 Å². The zero-order chi connectivity index (χ0) is 8.97. The molecule has 1 rings (SSSR count). The highest BCUT2D eigenvalue weighted by atomic mass is 32.1. The first-order chi connectivity index (χ1) is 5.72. The summed E-state index contributed by atoms with van der Waals surface area (Å²) in [5.41, 5.74) is 5.69. The van der Waals surface area contributed by atoms with Gasteiger partial charge in [-0.2, -0.15) is 0 Å². The number of nitrogens with one attached hydrogen (secondary N) is 2. The molecule has 0 bridgehead atoms. The number of hydrogen-bond acceptors (Lipinski definition) is 5. The molecule has 0 fully saturated rings. The molecule has 66 valence electrons. The second kappa shape index (κ2) is 4.32. The number of hydrazine groups is 2. The van der Waals surface area contributed by atoms with Crippen molar-refractivity contribution in [1.29, 1.82) is 0 Å². The quantitative estimate of drug-likeness (QED) is 0.502. The molecule has 0 atom stereocenters. The fourth-order valence-corrected chi connectivity index (χ4v) is 1.16. The fraction of sp³-hybridized carbons (Fsp3) is 0.167. The molecule has 0 saturated heterocycles. The Balaban J connectivity index is 2.55. The van der Waals surface area contributed by atoms with Crippen LogP contribution < -0.4 is 10.9 Å². The average molecular weight is 202 g/mol. The van der Waals surface area contributed by atoms with Crippen LogP contribution in [0.5, 0.6) is 0 Å². The van der Waals surface area contributed by atoms with E-state index in [0.29, 0.717) is 10.1 Å². The van der Waals surface area contributed by atoms with Crippen LogP contribution >= 0.6 is 25.3 Å². The minimum Gasteiger partial charge on any atom is -0.271 e. The first kappa shape index (κ1) is 9.34. The van der Waals surface area contributed by atoms with Gasteiger partial charge < -0.3 is 0 Å². The van der Waals surface area contributed by atoms with Crippen LogP contribution in [0.4, 0.5) is 0 Å². The smallest absolute Gasteiger partial charge is 0.120 e. The van der Waals surface area contributed by atoms with E-state index in [1.165, 1.54) is 5.23 Å². The lowest BCUT2D eigenvalue weighted by Gasteiger charge is -2.23. The lowest BCUT2D eigenvalue weighted by molar-refractivity contribution is 0.174. The van der Waals surface area contributed by atoms with Gasteiger partial charge in [0.2, 0.25) is 0 Å². The maximum Gasteiger partial charge on any atom is 0.120 e. The van der Waals surface area contributed by atoms with E-state index in [9.17, 15) is 0 Å². The van der Waals surface area contributed by atoms with Crippen molar-refractivity contribution in [1.82, 2.24) is 16.1 Å². The van der Waals surface area contributed by atoms with Crippen LogP contribution in [0.15, 0.2) is 28.5 Å². The molecule has 0 aromatic rings. The standard InChI is InChI=1S/C6H10N4S2/c1-2-3-7-10-8-5(11)4-6(12)9-10/h2-4,7-8,11H,1H3,(H,9,12)/b3-2-. The number of nitrogens with zero attached hydrogens (tertiary/aromatic N) is 2. The van der Waals surface area contributed by atoms with Crippen LogP contribution in [0, 0.1) is 0 Å². The van der Waals surface area contributed by atoms with Crippen LogP contribution in [0.3, 0.4) is 0 Å². The first-order valence-corrected chi connectivity index (χ1v) is 4.24. The Labute approximate surface area is 82.2 Å². The van der Waals surface area contributed by atoms with Crippen LogP contribution in [-0.2, 0) is 0 Å². The van der Waals surface area contributed by atoms with E-state index < -0.39 is 0 Å². The molecule has 1 heterocycles. The van der Waals surface area contributed by atoms with E-state index in [4.69, 9.17) is 0 Å². The van der Waals surface area contributed by atoms with E-state index in [1.807, 2.05) is 13.0 Å². The van der Waals surface area contributed by atoms with Crippen molar-refractivity contribution < 1.29 is 0 Å². The molecule has 6 heteroatoms. The monoisotopic (exact) mass is 202 g/mol. The lowest BCUT2D eigenvalue weighted by atomic mass is 10.6. The number of rotatable bonds is 2. The second-order valence-corrected chi connectivity index (χ2v) is 2.98. The summed E-state index contributed by atoms with van der Waals surface area (Å²) in [6.07, 6.45) is 5.30. The Morgan fingerprint density at radius 3 is 3.00 bits per heavy atom. The summed E-state index contributed by atoms with van der Waals surface area (Å²) < 4.78 is 0. The number of hydrogen-bond donors (Lipinski definition) is 4. The Hall–Kier alpha value is -0.750. The highest BCUT2D eigenvalue weighted by molar-refractivity contribution is 7.97. The summed E-state index contributed by atoms with van der Waals surface area (Å²) >= 11 is 8.20. The number of thiol groups is 2. The van der Waals surface area contributed by atoms with Gasteiger partial charge in [-0.1, -0.05) is 6.08 Å². The summed E-state index contributed by atoms with van der Waals surface area (Å²) in [6.45, 7) is 1.90. The van der Waals surface area contributed by atoms with E-state index in [2.05, 4.69) is 41.2 Å². The van der Waals surface area contributed by atoms with Gasteiger partial charge in [0.05, 0.1) is 5.03 Å². The largest absolute Gasteiger partial charge is 0.271 e. The van der Waals surface area contributed by atoms with Crippen molar-refractivity contribution in [2.24, 2.45) is 5.10 Å². The molecule has 4 nitrogen and oxygen atoms in total. The zero-order valence-corrected chi connectivity index (χ0v) is 8.31. The highest BCUT2D eigenvalue weighted by Gasteiger charge is 2.05. The second-order valence-electron chi connectivity index (χ2n) is 2.04. The Kier molecular flexibility index (Phi) is 3.36. The zero-order valence-electron chi connectivity index (χ0n) is 6.52.